The molecular formula is C16H13ClN2O5S2. The van der Waals surface area contributed by atoms with Gasteiger partial charge in [0.15, 0.2) is 15.9 Å². The lowest BCUT2D eigenvalue weighted by atomic mass is 10.2. The monoisotopic (exact) mass is 412 g/mol. The average molecular weight is 413 g/mol. The van der Waals surface area contributed by atoms with E-state index in [1.807, 2.05) is 6.07 Å². The molecule has 2 rings (SSSR count). The number of hydrogen-bond donors (Lipinski definition) is 1. The molecule has 0 bridgehead atoms. The van der Waals surface area contributed by atoms with Crippen LogP contribution in [0.25, 0.3) is 0 Å². The van der Waals surface area contributed by atoms with Crippen LogP contribution in [0.1, 0.15) is 22.8 Å². The highest BCUT2D eigenvalue weighted by atomic mass is 35.5. The molecule has 26 heavy (non-hydrogen) atoms. The van der Waals surface area contributed by atoms with Crippen LogP contribution in [-0.4, -0.2) is 32.7 Å². The van der Waals surface area contributed by atoms with Gasteiger partial charge in [0.2, 0.25) is 0 Å². The summed E-state index contributed by atoms with van der Waals surface area (Å²) in [5.41, 5.74) is 0.133. The third kappa shape index (κ3) is 4.60. The van der Waals surface area contributed by atoms with Gasteiger partial charge in [0.1, 0.15) is 11.1 Å². The summed E-state index contributed by atoms with van der Waals surface area (Å²) in [6.07, 6.45) is -0.191. The number of amides is 1. The molecule has 1 heterocycles. The molecule has 0 fully saturated rings. The molecule has 10 heteroatoms. The van der Waals surface area contributed by atoms with Crippen molar-refractivity contribution in [1.82, 2.24) is 0 Å². The molecule has 0 aliphatic heterocycles. The van der Waals surface area contributed by atoms with Gasteiger partial charge in [-0.05, 0) is 36.6 Å². The summed E-state index contributed by atoms with van der Waals surface area (Å²) < 4.78 is 28.3. The number of nitrogens with zero attached hydrogens (tertiary/aromatic N) is 1. The lowest BCUT2D eigenvalue weighted by Crippen LogP contribution is -2.30. The minimum atomic E-state index is -3.54. The number of rotatable bonds is 5. The van der Waals surface area contributed by atoms with Gasteiger partial charge in [0, 0.05) is 6.26 Å². The summed E-state index contributed by atoms with van der Waals surface area (Å²) in [4.78, 5) is 24.3. The summed E-state index contributed by atoms with van der Waals surface area (Å²) >= 11 is 7.09. The van der Waals surface area contributed by atoms with Crippen LogP contribution in [0.4, 0.5) is 5.00 Å². The molecule has 0 radical (unpaired) electrons. The highest BCUT2D eigenvalue weighted by Crippen LogP contribution is 2.24. The second-order valence-corrected chi connectivity index (χ2v) is 8.56. The summed E-state index contributed by atoms with van der Waals surface area (Å²) in [5, 5.41) is 13.4. The van der Waals surface area contributed by atoms with Crippen LogP contribution < -0.4 is 5.32 Å². The van der Waals surface area contributed by atoms with Crippen LogP contribution in [0.15, 0.2) is 34.5 Å². The van der Waals surface area contributed by atoms with Crippen molar-refractivity contribution in [3.63, 3.8) is 0 Å². The van der Waals surface area contributed by atoms with Crippen molar-refractivity contribution in [3.8, 4) is 6.07 Å². The second-order valence-electron chi connectivity index (χ2n) is 5.23. The number of nitriles is 1. The van der Waals surface area contributed by atoms with Gasteiger partial charge in [-0.25, -0.2) is 13.2 Å². The number of benzene rings is 1. The Kier molecular flexibility index (Phi) is 6.02. The molecule has 0 saturated carbocycles. The average Bonchev–Trinajstić information content (AvgIpc) is 3.01. The van der Waals surface area contributed by atoms with Crippen molar-refractivity contribution < 1.29 is 22.7 Å². The maximum Gasteiger partial charge on any atom is 0.340 e. The van der Waals surface area contributed by atoms with Crippen LogP contribution >= 0.6 is 22.9 Å². The Labute approximate surface area is 159 Å². The summed E-state index contributed by atoms with van der Waals surface area (Å²) in [6, 6.07) is 7.11. The summed E-state index contributed by atoms with van der Waals surface area (Å²) in [7, 11) is -3.54. The number of nitrogens with one attached hydrogen (secondary N) is 1. The number of sulfone groups is 1. The fraction of sp³-hybridized carbons (Fsp3) is 0.188. The van der Waals surface area contributed by atoms with E-state index in [1.165, 1.54) is 19.1 Å². The van der Waals surface area contributed by atoms with Gasteiger partial charge in [0.25, 0.3) is 5.91 Å². The van der Waals surface area contributed by atoms with Gasteiger partial charge >= 0.3 is 5.97 Å². The summed E-state index contributed by atoms with van der Waals surface area (Å²) in [5.74, 6) is -1.57. The molecule has 2 aromatic rings. The standard InChI is InChI=1S/C16H13ClN2O5S2/c1-9(14(20)19-15-10(8-18)5-6-25-15)24-16(21)12-7-11(26(2,22)23)3-4-13(12)17/h3-7,9H,1-2H3,(H,19,20)/t9-/m0/s1. The van der Waals surface area contributed by atoms with E-state index in [0.29, 0.717) is 10.6 Å². The number of carbonyl (C=O) groups excluding carboxylic acids is 2. The van der Waals surface area contributed by atoms with Gasteiger partial charge in [0.05, 0.1) is 21.0 Å². The van der Waals surface area contributed by atoms with E-state index < -0.39 is 27.8 Å². The minimum absolute atomic E-state index is 0.0000294. The molecule has 1 atom stereocenters. The molecule has 1 amide bonds. The molecule has 136 valence electrons. The van der Waals surface area contributed by atoms with E-state index >= 15 is 0 Å². The van der Waals surface area contributed by atoms with Crippen LogP contribution in [0.5, 0.6) is 0 Å². The first-order chi connectivity index (χ1) is 12.1. The smallest absolute Gasteiger partial charge is 0.340 e. The minimum Gasteiger partial charge on any atom is -0.449 e. The van der Waals surface area contributed by atoms with Crippen LogP contribution in [-0.2, 0) is 19.4 Å². The van der Waals surface area contributed by atoms with Crippen molar-refractivity contribution in [3.05, 3.63) is 45.8 Å². The van der Waals surface area contributed by atoms with Crippen molar-refractivity contribution in [2.75, 3.05) is 11.6 Å². The topological polar surface area (TPSA) is 113 Å². The maximum absolute atomic E-state index is 12.3. The SMILES string of the molecule is C[C@H](OC(=O)c1cc(S(C)(=O)=O)ccc1Cl)C(=O)Nc1sccc1C#N. The Balaban J connectivity index is 2.14. The third-order valence-corrected chi connectivity index (χ3v) is 5.53. The molecule has 1 aromatic carbocycles. The molecule has 0 aliphatic rings. The first-order valence-electron chi connectivity index (χ1n) is 7.12. The van der Waals surface area contributed by atoms with Gasteiger partial charge in [-0.2, -0.15) is 5.26 Å². The second kappa shape index (κ2) is 7.86. The zero-order valence-electron chi connectivity index (χ0n) is 13.6. The van der Waals surface area contributed by atoms with E-state index in [0.717, 1.165) is 23.7 Å². The molecule has 0 saturated heterocycles. The van der Waals surface area contributed by atoms with Crippen molar-refractivity contribution in [2.24, 2.45) is 0 Å². The fourth-order valence-corrected chi connectivity index (χ4v) is 3.46. The Bertz CT molecular complexity index is 1010. The largest absolute Gasteiger partial charge is 0.449 e. The predicted molar refractivity (Wildman–Crippen MR) is 97.1 cm³/mol. The lowest BCUT2D eigenvalue weighted by molar-refractivity contribution is -0.123. The van der Waals surface area contributed by atoms with E-state index in [4.69, 9.17) is 21.6 Å². The fourth-order valence-electron chi connectivity index (χ4n) is 1.88. The number of carbonyl (C=O) groups is 2. The number of anilines is 1. The Morgan fingerprint density at radius 2 is 2.04 bits per heavy atom. The van der Waals surface area contributed by atoms with Crippen molar-refractivity contribution in [1.29, 1.82) is 5.26 Å². The number of hydrogen-bond acceptors (Lipinski definition) is 7. The quantitative estimate of drug-likeness (QED) is 0.755. The third-order valence-electron chi connectivity index (χ3n) is 3.26. The normalized spacial score (nSPS) is 12.1. The first kappa shape index (κ1) is 19.9. The predicted octanol–water partition coefficient (Wildman–Crippen LogP) is 2.86. The Morgan fingerprint density at radius 1 is 1.35 bits per heavy atom. The van der Waals surface area contributed by atoms with Gasteiger partial charge < -0.3 is 10.1 Å². The Hall–Kier alpha value is -2.41. The van der Waals surface area contributed by atoms with Gasteiger partial charge in [-0.3, -0.25) is 4.79 Å². The molecule has 1 N–H and O–H groups in total. The highest BCUT2D eigenvalue weighted by molar-refractivity contribution is 7.90. The van der Waals surface area contributed by atoms with Gasteiger partial charge in [-0.15, -0.1) is 11.3 Å². The van der Waals surface area contributed by atoms with Crippen LogP contribution in [0.3, 0.4) is 0 Å². The van der Waals surface area contributed by atoms with Gasteiger partial charge in [-0.1, -0.05) is 11.6 Å². The number of thiophene rings is 1. The molecular weight excluding hydrogens is 400 g/mol. The molecule has 0 spiro atoms. The summed E-state index contributed by atoms with van der Waals surface area (Å²) in [6.45, 7) is 1.35. The van der Waals surface area contributed by atoms with E-state index in [-0.39, 0.29) is 15.5 Å². The molecule has 1 aromatic heterocycles. The van der Waals surface area contributed by atoms with Crippen LogP contribution in [0, 0.1) is 11.3 Å². The van der Waals surface area contributed by atoms with Crippen molar-refractivity contribution >= 4 is 49.7 Å². The van der Waals surface area contributed by atoms with E-state index in [1.54, 1.807) is 11.4 Å². The number of esters is 1. The maximum atomic E-state index is 12.3. The first-order valence-corrected chi connectivity index (χ1v) is 10.3. The molecule has 0 unspecified atom stereocenters. The van der Waals surface area contributed by atoms with E-state index in [2.05, 4.69) is 5.32 Å². The zero-order valence-corrected chi connectivity index (χ0v) is 16.0. The molecule has 0 aliphatic carbocycles. The van der Waals surface area contributed by atoms with E-state index in [9.17, 15) is 18.0 Å². The molecule has 7 nitrogen and oxygen atoms in total. The van der Waals surface area contributed by atoms with Crippen LogP contribution in [0.2, 0.25) is 5.02 Å². The highest BCUT2D eigenvalue weighted by Gasteiger charge is 2.23. The van der Waals surface area contributed by atoms with Crippen molar-refractivity contribution in [2.45, 2.75) is 17.9 Å². The zero-order chi connectivity index (χ0) is 19.5. The number of halogens is 1. The lowest BCUT2D eigenvalue weighted by Gasteiger charge is -2.14. The number of ether oxygens (including phenoxy) is 1. The Morgan fingerprint density at radius 3 is 2.65 bits per heavy atom.